The number of benzene rings is 1. The molecule has 26 heavy (non-hydrogen) atoms. The van der Waals surface area contributed by atoms with Crippen LogP contribution in [0.4, 0.5) is 0 Å². The highest BCUT2D eigenvalue weighted by Gasteiger charge is 2.23. The third-order valence-electron chi connectivity index (χ3n) is 4.65. The van der Waals surface area contributed by atoms with Gasteiger partial charge in [-0.1, -0.05) is 37.3 Å². The number of hydrogen-bond donors (Lipinski definition) is 1. The van der Waals surface area contributed by atoms with Gasteiger partial charge in [0.2, 0.25) is 0 Å². The Kier molecular flexibility index (Phi) is 5.21. The van der Waals surface area contributed by atoms with Crippen molar-refractivity contribution >= 4 is 5.91 Å². The zero-order chi connectivity index (χ0) is 18.7. The Morgan fingerprint density at radius 2 is 2.04 bits per heavy atom. The maximum Gasteiger partial charge on any atom is 0.257 e. The fourth-order valence-corrected chi connectivity index (χ4v) is 2.95. The van der Waals surface area contributed by atoms with Gasteiger partial charge < -0.3 is 4.90 Å². The summed E-state index contributed by atoms with van der Waals surface area (Å²) in [5.74, 6) is -0.0341. The molecule has 0 unspecified atom stereocenters. The molecule has 2 heterocycles. The number of H-pyrrole nitrogens is 1. The van der Waals surface area contributed by atoms with E-state index in [1.807, 2.05) is 68.2 Å². The molecule has 0 aliphatic carbocycles. The number of carbonyl (C=O) groups excluding carboxylic acids is 1. The quantitative estimate of drug-likeness (QED) is 0.734. The van der Waals surface area contributed by atoms with Crippen LogP contribution in [-0.2, 0) is 6.54 Å². The molecule has 0 bridgehead atoms. The average molecular weight is 351 g/mol. The van der Waals surface area contributed by atoms with Gasteiger partial charge in [-0.15, -0.1) is 0 Å². The van der Waals surface area contributed by atoms with Gasteiger partial charge in [-0.3, -0.25) is 14.6 Å². The number of amides is 1. The smallest absolute Gasteiger partial charge is 0.257 e. The summed E-state index contributed by atoms with van der Waals surface area (Å²) in [4.78, 5) is 14.6. The summed E-state index contributed by atoms with van der Waals surface area (Å²) in [6, 6.07) is 11.9. The van der Waals surface area contributed by atoms with Crippen LogP contribution in [-0.4, -0.2) is 37.8 Å². The van der Waals surface area contributed by atoms with Crippen molar-refractivity contribution in [3.8, 4) is 11.3 Å². The van der Waals surface area contributed by atoms with E-state index in [0.29, 0.717) is 5.56 Å². The molecular formula is C20H25N5O. The molecule has 2 aromatic heterocycles. The zero-order valence-corrected chi connectivity index (χ0v) is 15.7. The molecule has 1 aromatic carbocycles. The van der Waals surface area contributed by atoms with E-state index >= 15 is 0 Å². The largest absolute Gasteiger partial charge is 0.333 e. The molecule has 0 fully saturated rings. The van der Waals surface area contributed by atoms with Gasteiger partial charge in [0.05, 0.1) is 28.7 Å². The third-order valence-corrected chi connectivity index (χ3v) is 4.65. The summed E-state index contributed by atoms with van der Waals surface area (Å²) < 4.78 is 1.84. The van der Waals surface area contributed by atoms with Crippen LogP contribution in [0.1, 0.15) is 48.1 Å². The summed E-state index contributed by atoms with van der Waals surface area (Å²) in [6.45, 7) is 6.78. The minimum absolute atomic E-state index is 0.0341. The minimum Gasteiger partial charge on any atom is -0.333 e. The Hall–Kier alpha value is -2.89. The highest BCUT2D eigenvalue weighted by molar-refractivity contribution is 5.95. The van der Waals surface area contributed by atoms with Gasteiger partial charge >= 0.3 is 0 Å². The second-order valence-corrected chi connectivity index (χ2v) is 6.56. The summed E-state index contributed by atoms with van der Waals surface area (Å²) in [7, 11) is 1.81. The number of aryl methyl sites for hydroxylation is 2. The Balaban J connectivity index is 1.78. The number of hydrogen-bond acceptors (Lipinski definition) is 3. The topological polar surface area (TPSA) is 66.8 Å². The average Bonchev–Trinajstić information content (AvgIpc) is 3.28. The first-order valence-corrected chi connectivity index (χ1v) is 8.93. The Bertz CT molecular complexity index is 881. The monoisotopic (exact) mass is 351 g/mol. The van der Waals surface area contributed by atoms with Gasteiger partial charge in [0.25, 0.3) is 5.91 Å². The van der Waals surface area contributed by atoms with E-state index in [1.165, 1.54) is 0 Å². The van der Waals surface area contributed by atoms with Crippen LogP contribution in [0.15, 0.2) is 42.6 Å². The van der Waals surface area contributed by atoms with Gasteiger partial charge in [-0.2, -0.15) is 10.2 Å². The van der Waals surface area contributed by atoms with Gasteiger partial charge in [0.1, 0.15) is 0 Å². The van der Waals surface area contributed by atoms with Crippen LogP contribution in [0.3, 0.4) is 0 Å². The minimum atomic E-state index is -0.124. The van der Waals surface area contributed by atoms with E-state index in [2.05, 4.69) is 22.2 Å². The summed E-state index contributed by atoms with van der Waals surface area (Å²) in [6.07, 6.45) is 2.82. The number of aromatic nitrogens is 4. The van der Waals surface area contributed by atoms with Gasteiger partial charge in [-0.25, -0.2) is 0 Å². The summed E-state index contributed by atoms with van der Waals surface area (Å²) in [5, 5.41) is 11.9. The number of nitrogens with zero attached hydrogens (tertiary/aromatic N) is 4. The van der Waals surface area contributed by atoms with Crippen molar-refractivity contribution in [1.82, 2.24) is 24.9 Å². The molecule has 3 rings (SSSR count). The lowest BCUT2D eigenvalue weighted by molar-refractivity contribution is 0.0739. The predicted molar refractivity (Wildman–Crippen MR) is 102 cm³/mol. The molecule has 0 saturated carbocycles. The second-order valence-electron chi connectivity index (χ2n) is 6.56. The van der Waals surface area contributed by atoms with Crippen molar-refractivity contribution in [2.75, 3.05) is 7.05 Å². The van der Waals surface area contributed by atoms with Crippen molar-refractivity contribution in [3.05, 3.63) is 59.5 Å². The number of carbonyl (C=O) groups is 1. The van der Waals surface area contributed by atoms with Gasteiger partial charge in [0.15, 0.2) is 0 Å². The maximum absolute atomic E-state index is 12.9. The molecule has 6 heteroatoms. The lowest BCUT2D eigenvalue weighted by atomic mass is 10.1. The van der Waals surface area contributed by atoms with E-state index in [0.717, 1.165) is 35.6 Å². The summed E-state index contributed by atoms with van der Waals surface area (Å²) >= 11 is 0. The van der Waals surface area contributed by atoms with E-state index in [9.17, 15) is 4.79 Å². The molecule has 0 aliphatic heterocycles. The van der Waals surface area contributed by atoms with Gasteiger partial charge in [0, 0.05) is 25.4 Å². The molecule has 136 valence electrons. The van der Waals surface area contributed by atoms with Crippen molar-refractivity contribution in [1.29, 1.82) is 0 Å². The Labute approximate surface area is 153 Å². The highest BCUT2D eigenvalue weighted by Crippen LogP contribution is 2.24. The molecule has 0 saturated heterocycles. The number of nitrogens with one attached hydrogen (secondary N) is 1. The predicted octanol–water partition coefficient (Wildman–Crippen LogP) is 3.82. The van der Waals surface area contributed by atoms with Crippen molar-refractivity contribution in [3.63, 3.8) is 0 Å². The molecule has 1 N–H and O–H groups in total. The highest BCUT2D eigenvalue weighted by atomic mass is 16.2. The van der Waals surface area contributed by atoms with Crippen molar-refractivity contribution < 1.29 is 4.79 Å². The normalized spacial score (nSPS) is 12.2. The van der Waals surface area contributed by atoms with Crippen LogP contribution >= 0.6 is 0 Å². The first-order valence-electron chi connectivity index (χ1n) is 8.93. The van der Waals surface area contributed by atoms with E-state index in [4.69, 9.17) is 0 Å². The Morgan fingerprint density at radius 3 is 2.73 bits per heavy atom. The zero-order valence-electron chi connectivity index (χ0n) is 15.7. The lowest BCUT2D eigenvalue weighted by Crippen LogP contribution is -2.30. The van der Waals surface area contributed by atoms with Crippen LogP contribution in [0.2, 0.25) is 0 Å². The fourth-order valence-electron chi connectivity index (χ4n) is 2.95. The SMILES string of the molecule is CCCn1cc(C(=O)N(C)[C@H](C)c2cc(-c3ccccc3)n[nH]2)c(C)n1. The summed E-state index contributed by atoms with van der Waals surface area (Å²) in [5.41, 5.74) is 4.24. The first-order chi connectivity index (χ1) is 12.5. The molecular weight excluding hydrogens is 326 g/mol. The van der Waals surface area contributed by atoms with E-state index in [1.54, 1.807) is 4.90 Å². The van der Waals surface area contributed by atoms with E-state index in [-0.39, 0.29) is 11.9 Å². The molecule has 0 spiro atoms. The number of rotatable bonds is 6. The maximum atomic E-state index is 12.9. The van der Waals surface area contributed by atoms with Crippen LogP contribution in [0.25, 0.3) is 11.3 Å². The number of aromatic amines is 1. The lowest BCUT2D eigenvalue weighted by Gasteiger charge is -2.23. The molecule has 3 aromatic rings. The van der Waals surface area contributed by atoms with Crippen molar-refractivity contribution in [2.24, 2.45) is 0 Å². The molecule has 6 nitrogen and oxygen atoms in total. The first kappa shape index (κ1) is 17.9. The van der Waals surface area contributed by atoms with Crippen molar-refractivity contribution in [2.45, 2.75) is 39.8 Å². The van der Waals surface area contributed by atoms with E-state index < -0.39 is 0 Å². The van der Waals surface area contributed by atoms with Crippen LogP contribution < -0.4 is 0 Å². The molecule has 0 aliphatic rings. The third kappa shape index (κ3) is 3.54. The standard InChI is InChI=1S/C20H25N5O/c1-5-11-25-13-17(14(2)23-25)20(26)24(4)15(3)18-12-19(22-21-18)16-9-7-6-8-10-16/h6-10,12-13,15H,5,11H2,1-4H3,(H,21,22)/t15-/m1/s1. The molecule has 1 atom stereocenters. The van der Waals surface area contributed by atoms with Gasteiger partial charge in [-0.05, 0) is 26.3 Å². The molecule has 1 amide bonds. The van der Waals surface area contributed by atoms with Crippen LogP contribution in [0.5, 0.6) is 0 Å². The van der Waals surface area contributed by atoms with Crippen LogP contribution in [0, 0.1) is 6.92 Å². The fraction of sp³-hybridized carbons (Fsp3) is 0.350. The second kappa shape index (κ2) is 7.56. The Morgan fingerprint density at radius 1 is 1.31 bits per heavy atom. The molecule has 0 radical (unpaired) electrons.